The Balaban J connectivity index is 1.45. The molecule has 0 radical (unpaired) electrons. The van der Waals surface area contributed by atoms with Gasteiger partial charge in [0.1, 0.15) is 17.2 Å². The summed E-state index contributed by atoms with van der Waals surface area (Å²) in [6.45, 7) is 3.20. The third kappa shape index (κ3) is 6.55. The van der Waals surface area contributed by atoms with E-state index in [0.717, 1.165) is 16.2 Å². The number of aromatic nitrogens is 2. The Kier molecular flexibility index (Phi) is 7.28. The standard InChI is InChI=1S/C21H21ClN4OS/c1-15-2-4-16(5-3-15)12-24-20(27)13-28-21-10-19(25-14-26-21)23-11-17-6-8-18(22)9-7-17/h2-10,14H,11-13H2,1H3,(H,24,27)(H,23,25,26). The maximum absolute atomic E-state index is 12.1. The van der Waals surface area contributed by atoms with Gasteiger partial charge in [-0.3, -0.25) is 4.79 Å². The fourth-order valence-electron chi connectivity index (χ4n) is 2.41. The van der Waals surface area contributed by atoms with E-state index in [1.807, 2.05) is 61.5 Å². The summed E-state index contributed by atoms with van der Waals surface area (Å²) in [6, 6.07) is 17.6. The molecule has 5 nitrogen and oxygen atoms in total. The van der Waals surface area contributed by atoms with Gasteiger partial charge in [-0.15, -0.1) is 0 Å². The summed E-state index contributed by atoms with van der Waals surface area (Å²) in [6.07, 6.45) is 1.50. The molecule has 0 atom stereocenters. The van der Waals surface area contributed by atoms with Gasteiger partial charge in [-0.1, -0.05) is 65.3 Å². The number of halogens is 1. The van der Waals surface area contributed by atoms with Gasteiger partial charge >= 0.3 is 0 Å². The van der Waals surface area contributed by atoms with Crippen molar-refractivity contribution >= 4 is 35.1 Å². The number of hydrogen-bond donors (Lipinski definition) is 2. The number of rotatable bonds is 8. The fourth-order valence-corrected chi connectivity index (χ4v) is 3.23. The van der Waals surface area contributed by atoms with E-state index in [9.17, 15) is 4.79 Å². The summed E-state index contributed by atoms with van der Waals surface area (Å²) in [4.78, 5) is 20.5. The van der Waals surface area contributed by atoms with E-state index in [4.69, 9.17) is 11.6 Å². The minimum atomic E-state index is -0.0279. The molecule has 1 heterocycles. The van der Waals surface area contributed by atoms with E-state index in [-0.39, 0.29) is 5.91 Å². The minimum absolute atomic E-state index is 0.0279. The highest BCUT2D eigenvalue weighted by Crippen LogP contribution is 2.18. The topological polar surface area (TPSA) is 66.9 Å². The number of carbonyl (C=O) groups is 1. The summed E-state index contributed by atoms with van der Waals surface area (Å²) in [5.74, 6) is 0.992. The van der Waals surface area contributed by atoms with Crippen LogP contribution in [-0.2, 0) is 17.9 Å². The van der Waals surface area contributed by atoms with E-state index in [1.165, 1.54) is 23.7 Å². The molecule has 0 fully saturated rings. The number of aryl methyl sites for hydroxylation is 1. The Bertz CT molecular complexity index is 916. The summed E-state index contributed by atoms with van der Waals surface area (Å²) in [5.41, 5.74) is 3.39. The monoisotopic (exact) mass is 412 g/mol. The highest BCUT2D eigenvalue weighted by molar-refractivity contribution is 7.99. The highest BCUT2D eigenvalue weighted by Gasteiger charge is 2.05. The van der Waals surface area contributed by atoms with Gasteiger partial charge in [0, 0.05) is 24.2 Å². The first-order chi connectivity index (χ1) is 13.6. The van der Waals surface area contributed by atoms with Crippen molar-refractivity contribution in [2.24, 2.45) is 0 Å². The summed E-state index contributed by atoms with van der Waals surface area (Å²) in [5, 5.41) is 7.64. The molecule has 0 saturated carbocycles. The van der Waals surface area contributed by atoms with Crippen LogP contribution in [0.3, 0.4) is 0 Å². The maximum atomic E-state index is 12.1. The van der Waals surface area contributed by atoms with Gasteiger partial charge in [-0.25, -0.2) is 9.97 Å². The lowest BCUT2D eigenvalue weighted by atomic mass is 10.1. The van der Waals surface area contributed by atoms with Crippen LogP contribution in [-0.4, -0.2) is 21.6 Å². The first-order valence-corrected chi connectivity index (χ1v) is 10.2. The number of carbonyl (C=O) groups excluding carboxylic acids is 1. The Morgan fingerprint density at radius 2 is 1.68 bits per heavy atom. The molecular formula is C21H21ClN4OS. The van der Waals surface area contributed by atoms with Crippen LogP contribution in [0.15, 0.2) is 66.0 Å². The predicted molar refractivity (Wildman–Crippen MR) is 115 cm³/mol. The predicted octanol–water partition coefficient (Wildman–Crippen LogP) is 4.46. The molecule has 2 N–H and O–H groups in total. The third-order valence-electron chi connectivity index (χ3n) is 3.99. The summed E-state index contributed by atoms with van der Waals surface area (Å²) >= 11 is 7.28. The number of anilines is 1. The van der Waals surface area contributed by atoms with Crippen LogP contribution in [0.25, 0.3) is 0 Å². The van der Waals surface area contributed by atoms with Crippen LogP contribution >= 0.6 is 23.4 Å². The van der Waals surface area contributed by atoms with Crippen molar-refractivity contribution in [2.45, 2.75) is 25.0 Å². The molecule has 0 aliphatic carbocycles. The molecule has 3 aromatic rings. The lowest BCUT2D eigenvalue weighted by Crippen LogP contribution is -2.24. The molecule has 2 aromatic carbocycles. The van der Waals surface area contributed by atoms with Gasteiger partial charge in [-0.05, 0) is 30.2 Å². The van der Waals surface area contributed by atoms with Crippen molar-refractivity contribution in [3.05, 3.63) is 82.6 Å². The number of nitrogens with one attached hydrogen (secondary N) is 2. The van der Waals surface area contributed by atoms with E-state index in [1.54, 1.807) is 0 Å². The van der Waals surface area contributed by atoms with Crippen molar-refractivity contribution in [2.75, 3.05) is 11.1 Å². The number of benzene rings is 2. The van der Waals surface area contributed by atoms with Crippen LogP contribution in [0.4, 0.5) is 5.82 Å². The zero-order chi connectivity index (χ0) is 19.8. The molecule has 7 heteroatoms. The number of nitrogens with zero attached hydrogens (tertiary/aromatic N) is 2. The molecule has 1 amide bonds. The minimum Gasteiger partial charge on any atom is -0.366 e. The number of thioether (sulfide) groups is 1. The van der Waals surface area contributed by atoms with Crippen LogP contribution in [0.2, 0.25) is 5.02 Å². The average molecular weight is 413 g/mol. The van der Waals surface area contributed by atoms with Gasteiger partial charge < -0.3 is 10.6 Å². The fraction of sp³-hybridized carbons (Fsp3) is 0.190. The number of amides is 1. The van der Waals surface area contributed by atoms with E-state index < -0.39 is 0 Å². The lowest BCUT2D eigenvalue weighted by Gasteiger charge is -2.08. The second-order valence-corrected chi connectivity index (χ2v) is 7.70. The van der Waals surface area contributed by atoms with Crippen LogP contribution in [0.1, 0.15) is 16.7 Å². The molecule has 0 aliphatic rings. The van der Waals surface area contributed by atoms with Gasteiger partial charge in [0.15, 0.2) is 0 Å². The zero-order valence-electron chi connectivity index (χ0n) is 15.5. The van der Waals surface area contributed by atoms with E-state index in [0.29, 0.717) is 29.7 Å². The molecule has 0 spiro atoms. The summed E-state index contributed by atoms with van der Waals surface area (Å²) in [7, 11) is 0. The van der Waals surface area contributed by atoms with Gasteiger partial charge in [-0.2, -0.15) is 0 Å². The highest BCUT2D eigenvalue weighted by atomic mass is 35.5. The van der Waals surface area contributed by atoms with Crippen molar-refractivity contribution in [1.29, 1.82) is 0 Å². The van der Waals surface area contributed by atoms with E-state index in [2.05, 4.69) is 20.6 Å². The molecule has 1 aromatic heterocycles. The third-order valence-corrected chi connectivity index (χ3v) is 5.17. The Morgan fingerprint density at radius 3 is 2.43 bits per heavy atom. The molecule has 144 valence electrons. The van der Waals surface area contributed by atoms with Crippen LogP contribution < -0.4 is 10.6 Å². The van der Waals surface area contributed by atoms with Crippen LogP contribution in [0, 0.1) is 6.92 Å². The van der Waals surface area contributed by atoms with Crippen molar-refractivity contribution < 1.29 is 4.79 Å². The Hall–Kier alpha value is -2.57. The molecule has 0 bridgehead atoms. The quantitative estimate of drug-likeness (QED) is 0.422. The smallest absolute Gasteiger partial charge is 0.230 e. The molecule has 0 saturated heterocycles. The molecule has 3 rings (SSSR count). The average Bonchev–Trinajstić information content (AvgIpc) is 2.72. The van der Waals surface area contributed by atoms with Crippen molar-refractivity contribution in [3.63, 3.8) is 0 Å². The molecule has 28 heavy (non-hydrogen) atoms. The van der Waals surface area contributed by atoms with E-state index >= 15 is 0 Å². The Morgan fingerprint density at radius 1 is 1.00 bits per heavy atom. The SMILES string of the molecule is Cc1ccc(CNC(=O)CSc2cc(NCc3ccc(Cl)cc3)ncn2)cc1. The second kappa shape index (κ2) is 10.1. The molecule has 0 unspecified atom stereocenters. The number of hydrogen-bond acceptors (Lipinski definition) is 5. The van der Waals surface area contributed by atoms with Crippen LogP contribution in [0.5, 0.6) is 0 Å². The maximum Gasteiger partial charge on any atom is 0.230 e. The van der Waals surface area contributed by atoms with Gasteiger partial charge in [0.05, 0.1) is 5.75 Å². The first kappa shape index (κ1) is 20.2. The first-order valence-electron chi connectivity index (χ1n) is 8.84. The summed E-state index contributed by atoms with van der Waals surface area (Å²) < 4.78 is 0. The van der Waals surface area contributed by atoms with Crippen molar-refractivity contribution in [3.8, 4) is 0 Å². The zero-order valence-corrected chi connectivity index (χ0v) is 17.1. The van der Waals surface area contributed by atoms with Gasteiger partial charge in [0.25, 0.3) is 0 Å². The Labute approximate surface area is 173 Å². The molecular weight excluding hydrogens is 392 g/mol. The normalized spacial score (nSPS) is 10.5. The molecule has 0 aliphatic heterocycles. The largest absolute Gasteiger partial charge is 0.366 e. The van der Waals surface area contributed by atoms with Gasteiger partial charge in [0.2, 0.25) is 5.91 Å². The lowest BCUT2D eigenvalue weighted by molar-refractivity contribution is -0.118. The van der Waals surface area contributed by atoms with Crippen molar-refractivity contribution in [1.82, 2.24) is 15.3 Å². The second-order valence-electron chi connectivity index (χ2n) is 6.27.